The van der Waals surface area contributed by atoms with E-state index < -0.39 is 0 Å². The van der Waals surface area contributed by atoms with Crippen LogP contribution in [0.2, 0.25) is 0 Å². The van der Waals surface area contributed by atoms with Crippen LogP contribution in [0.1, 0.15) is 19.4 Å². The third kappa shape index (κ3) is 5.02. The molecule has 72 valence electrons. The highest BCUT2D eigenvalue weighted by Gasteiger charge is 1.94. The molecule has 2 heteroatoms. The number of hydrogen-bond acceptors (Lipinski definition) is 1. The van der Waals surface area contributed by atoms with Gasteiger partial charge in [-0.1, -0.05) is 44.2 Å². The third-order valence-electron chi connectivity index (χ3n) is 1.64. The van der Waals surface area contributed by atoms with E-state index >= 15 is 0 Å². The molecule has 0 saturated carbocycles. The van der Waals surface area contributed by atoms with Gasteiger partial charge in [0.1, 0.15) is 0 Å². The molecule has 1 aromatic carbocycles. The Hall–Kier alpha value is -0.390. The highest BCUT2D eigenvalue weighted by atomic mass is 31.1. The Labute approximate surface area is 82.4 Å². The Morgan fingerprint density at radius 1 is 1.23 bits per heavy atom. The maximum atomic E-state index is 5.53. The molecule has 0 aromatic heterocycles. The molecule has 0 radical (unpaired) electrons. The molecule has 0 saturated heterocycles. The van der Waals surface area contributed by atoms with Gasteiger partial charge in [0.05, 0.1) is 6.61 Å². The average Bonchev–Trinajstić information content (AvgIpc) is 2.14. The first-order chi connectivity index (χ1) is 6.29. The summed E-state index contributed by atoms with van der Waals surface area (Å²) >= 11 is 0. The topological polar surface area (TPSA) is 9.23 Å². The molecule has 1 rings (SSSR count). The van der Waals surface area contributed by atoms with E-state index in [2.05, 4.69) is 38.1 Å². The van der Waals surface area contributed by atoms with Crippen molar-refractivity contribution in [3.05, 3.63) is 35.9 Å². The molecule has 1 atom stereocenters. The van der Waals surface area contributed by atoms with Crippen molar-refractivity contribution < 1.29 is 4.52 Å². The third-order valence-corrected chi connectivity index (χ3v) is 2.56. The van der Waals surface area contributed by atoms with E-state index in [1.165, 1.54) is 5.56 Å². The minimum absolute atomic E-state index is 0.602. The summed E-state index contributed by atoms with van der Waals surface area (Å²) in [5.41, 5.74) is 1.37. The highest BCUT2D eigenvalue weighted by molar-refractivity contribution is 7.31. The fourth-order valence-electron chi connectivity index (χ4n) is 0.956. The molecular formula is C11H17OP. The van der Waals surface area contributed by atoms with Crippen molar-refractivity contribution in [2.24, 2.45) is 5.92 Å². The van der Waals surface area contributed by atoms with Gasteiger partial charge in [-0.25, -0.2) is 0 Å². The molecule has 0 N–H and O–H groups in total. The van der Waals surface area contributed by atoms with Crippen LogP contribution in [0.4, 0.5) is 0 Å². The van der Waals surface area contributed by atoms with Crippen LogP contribution in [0.5, 0.6) is 0 Å². The molecule has 1 aromatic rings. The monoisotopic (exact) mass is 196 g/mol. The molecule has 0 heterocycles. The Kier molecular flexibility index (Phi) is 5.03. The molecule has 13 heavy (non-hydrogen) atoms. The largest absolute Gasteiger partial charge is 0.362 e. The fraction of sp³-hybridized carbons (Fsp3) is 0.455. The first-order valence-electron chi connectivity index (χ1n) is 4.67. The standard InChI is InChI=1S/C11H17OP/c1-10(2)8-12-13-9-11-6-4-3-5-7-11/h3-7,10,13H,8-9H2,1-2H3. The van der Waals surface area contributed by atoms with E-state index in [1.54, 1.807) is 0 Å². The first-order valence-corrected chi connectivity index (χ1v) is 5.79. The number of hydrogen-bond donors (Lipinski definition) is 0. The van der Waals surface area contributed by atoms with Crippen molar-refractivity contribution >= 4 is 8.81 Å². The Bertz CT molecular complexity index is 221. The molecule has 0 amide bonds. The minimum Gasteiger partial charge on any atom is -0.362 e. The summed E-state index contributed by atoms with van der Waals surface area (Å²) in [6.45, 7) is 5.23. The molecule has 0 aliphatic rings. The molecule has 1 unspecified atom stereocenters. The molecule has 0 aliphatic carbocycles. The van der Waals surface area contributed by atoms with E-state index in [0.29, 0.717) is 14.7 Å². The van der Waals surface area contributed by atoms with Gasteiger partial charge in [0.2, 0.25) is 0 Å². The number of benzene rings is 1. The second kappa shape index (κ2) is 6.12. The molecule has 0 aliphatic heterocycles. The lowest BCUT2D eigenvalue weighted by molar-refractivity contribution is 0.306. The second-order valence-corrected chi connectivity index (χ2v) is 4.44. The zero-order chi connectivity index (χ0) is 9.52. The smallest absolute Gasteiger partial charge is 0.0528 e. The lowest BCUT2D eigenvalue weighted by Crippen LogP contribution is -1.95. The van der Waals surface area contributed by atoms with Crippen LogP contribution in [0.15, 0.2) is 30.3 Å². The predicted octanol–water partition coefficient (Wildman–Crippen LogP) is 3.45. The first kappa shape index (κ1) is 10.7. The van der Waals surface area contributed by atoms with Crippen LogP contribution >= 0.6 is 8.81 Å². The van der Waals surface area contributed by atoms with Gasteiger partial charge in [0, 0.05) is 15.0 Å². The molecular weight excluding hydrogens is 179 g/mol. The van der Waals surface area contributed by atoms with E-state index in [1.807, 2.05) is 6.07 Å². The summed E-state index contributed by atoms with van der Waals surface area (Å²) in [7, 11) is 0.602. The summed E-state index contributed by atoms with van der Waals surface area (Å²) in [4.78, 5) is 0. The van der Waals surface area contributed by atoms with Gasteiger partial charge in [-0.15, -0.1) is 0 Å². The van der Waals surface area contributed by atoms with Crippen LogP contribution in [0.25, 0.3) is 0 Å². The molecule has 0 bridgehead atoms. The van der Waals surface area contributed by atoms with Crippen molar-refractivity contribution in [3.8, 4) is 0 Å². The van der Waals surface area contributed by atoms with Crippen molar-refractivity contribution in [3.63, 3.8) is 0 Å². The Morgan fingerprint density at radius 3 is 2.54 bits per heavy atom. The van der Waals surface area contributed by atoms with Crippen LogP contribution in [0.3, 0.4) is 0 Å². The zero-order valence-electron chi connectivity index (χ0n) is 8.29. The van der Waals surface area contributed by atoms with E-state index in [4.69, 9.17) is 4.52 Å². The van der Waals surface area contributed by atoms with Gasteiger partial charge in [-0.05, 0) is 11.5 Å². The van der Waals surface area contributed by atoms with Crippen LogP contribution in [0, 0.1) is 5.92 Å². The van der Waals surface area contributed by atoms with Gasteiger partial charge in [-0.3, -0.25) is 0 Å². The fourth-order valence-corrected chi connectivity index (χ4v) is 1.91. The maximum Gasteiger partial charge on any atom is 0.0528 e. The molecule has 0 spiro atoms. The Morgan fingerprint density at radius 2 is 1.92 bits per heavy atom. The van der Waals surface area contributed by atoms with Crippen molar-refractivity contribution in [1.29, 1.82) is 0 Å². The van der Waals surface area contributed by atoms with Gasteiger partial charge in [-0.2, -0.15) is 0 Å². The summed E-state index contributed by atoms with van der Waals surface area (Å²) in [5.74, 6) is 0.642. The van der Waals surface area contributed by atoms with E-state index in [0.717, 1.165) is 12.8 Å². The Balaban J connectivity index is 2.13. The quantitative estimate of drug-likeness (QED) is 0.517. The molecule has 0 fully saturated rings. The normalized spacial score (nSPS) is 11.6. The minimum atomic E-state index is 0.602. The van der Waals surface area contributed by atoms with E-state index in [-0.39, 0.29) is 0 Å². The van der Waals surface area contributed by atoms with Gasteiger partial charge in [0.25, 0.3) is 0 Å². The van der Waals surface area contributed by atoms with Gasteiger partial charge < -0.3 is 4.52 Å². The lowest BCUT2D eigenvalue weighted by Gasteiger charge is -2.05. The number of rotatable bonds is 5. The second-order valence-electron chi connectivity index (χ2n) is 3.51. The summed E-state index contributed by atoms with van der Waals surface area (Å²) < 4.78 is 5.53. The highest BCUT2D eigenvalue weighted by Crippen LogP contribution is 2.20. The van der Waals surface area contributed by atoms with Crippen LogP contribution < -0.4 is 0 Å². The summed E-state index contributed by atoms with van der Waals surface area (Å²) in [6, 6.07) is 10.5. The predicted molar refractivity (Wildman–Crippen MR) is 59.3 cm³/mol. The maximum absolute atomic E-state index is 5.53. The van der Waals surface area contributed by atoms with Crippen molar-refractivity contribution in [1.82, 2.24) is 0 Å². The summed E-state index contributed by atoms with van der Waals surface area (Å²) in [6.07, 6.45) is 1.05. The van der Waals surface area contributed by atoms with Crippen molar-refractivity contribution in [2.45, 2.75) is 20.0 Å². The summed E-state index contributed by atoms with van der Waals surface area (Å²) in [5, 5.41) is 0. The molecule has 1 nitrogen and oxygen atoms in total. The van der Waals surface area contributed by atoms with Crippen LogP contribution in [-0.4, -0.2) is 6.61 Å². The lowest BCUT2D eigenvalue weighted by atomic mass is 10.2. The van der Waals surface area contributed by atoms with Gasteiger partial charge >= 0.3 is 0 Å². The SMILES string of the molecule is CC(C)COPCc1ccccc1. The van der Waals surface area contributed by atoms with Crippen molar-refractivity contribution in [2.75, 3.05) is 6.61 Å². The zero-order valence-corrected chi connectivity index (χ0v) is 9.29. The van der Waals surface area contributed by atoms with Crippen LogP contribution in [-0.2, 0) is 10.7 Å². The average molecular weight is 196 g/mol. The van der Waals surface area contributed by atoms with E-state index in [9.17, 15) is 0 Å². The van der Waals surface area contributed by atoms with Gasteiger partial charge in [0.15, 0.2) is 0 Å².